The molecular formula is C8H11BO3. The van der Waals surface area contributed by atoms with Crippen LogP contribution >= 0.6 is 0 Å². The van der Waals surface area contributed by atoms with Crippen LogP contribution in [0.25, 0.3) is 0 Å². The summed E-state index contributed by atoms with van der Waals surface area (Å²) < 4.78 is 10.1. The molecule has 1 rings (SSSR count). The maximum absolute atomic E-state index is 8.38. The first-order valence-corrected chi connectivity index (χ1v) is 3.80. The van der Waals surface area contributed by atoms with Crippen LogP contribution in [-0.2, 0) is 4.65 Å². The molecule has 0 aromatic heterocycles. The smallest absolute Gasteiger partial charge is 0.506 e. The lowest BCUT2D eigenvalue weighted by Crippen LogP contribution is -2.10. The average molecular weight is 166 g/mol. The molecule has 1 N–H and O–H groups in total. The van der Waals surface area contributed by atoms with Crippen molar-refractivity contribution in [2.45, 2.75) is 0 Å². The second-order valence-corrected chi connectivity index (χ2v) is 2.21. The van der Waals surface area contributed by atoms with Gasteiger partial charge in [-0.3, -0.25) is 0 Å². The molecule has 0 saturated heterocycles. The van der Waals surface area contributed by atoms with Gasteiger partial charge in [0.1, 0.15) is 5.75 Å². The van der Waals surface area contributed by atoms with Crippen LogP contribution in [0.2, 0.25) is 0 Å². The first-order chi connectivity index (χ1) is 5.93. The lowest BCUT2D eigenvalue weighted by molar-refractivity contribution is 0.192. The zero-order valence-corrected chi connectivity index (χ0v) is 6.77. The predicted octanol–water partition coefficient (Wildman–Crippen LogP) is 0.341. The molecule has 0 radical (unpaired) electrons. The fraction of sp³-hybridized carbons (Fsp3) is 0.250. The molecule has 64 valence electrons. The Hall–Kier alpha value is -0.995. The van der Waals surface area contributed by atoms with Crippen LogP contribution in [0.5, 0.6) is 5.75 Å². The fourth-order valence-electron chi connectivity index (χ4n) is 0.750. The van der Waals surface area contributed by atoms with Gasteiger partial charge < -0.3 is 14.4 Å². The third-order valence-electron chi connectivity index (χ3n) is 1.29. The molecule has 3 nitrogen and oxygen atoms in total. The maximum atomic E-state index is 8.38. The Morgan fingerprint density at radius 2 is 2.00 bits per heavy atom. The van der Waals surface area contributed by atoms with E-state index in [2.05, 4.69) is 0 Å². The number of rotatable bonds is 5. The molecule has 0 spiro atoms. The van der Waals surface area contributed by atoms with Crippen LogP contribution < -0.4 is 4.65 Å². The van der Waals surface area contributed by atoms with Crippen molar-refractivity contribution in [3.8, 4) is 5.75 Å². The number of benzene rings is 1. The van der Waals surface area contributed by atoms with Gasteiger partial charge in [0.05, 0.1) is 13.2 Å². The molecule has 0 saturated carbocycles. The van der Waals surface area contributed by atoms with E-state index >= 15 is 0 Å². The van der Waals surface area contributed by atoms with Crippen molar-refractivity contribution >= 4 is 7.69 Å². The molecule has 0 atom stereocenters. The lowest BCUT2D eigenvalue weighted by atomic mass is 10.3. The molecule has 0 fully saturated rings. The van der Waals surface area contributed by atoms with E-state index in [4.69, 9.17) is 14.4 Å². The predicted molar refractivity (Wildman–Crippen MR) is 47.3 cm³/mol. The molecule has 4 heteroatoms. The van der Waals surface area contributed by atoms with Gasteiger partial charge in [-0.15, -0.1) is 0 Å². The number of hydrogen-bond acceptors (Lipinski definition) is 3. The minimum Gasteiger partial charge on any atom is -0.539 e. The topological polar surface area (TPSA) is 38.7 Å². The van der Waals surface area contributed by atoms with Gasteiger partial charge in [0.2, 0.25) is 0 Å². The minimum atomic E-state index is 0.0259. The van der Waals surface area contributed by atoms with Crippen LogP contribution in [0.3, 0.4) is 0 Å². The van der Waals surface area contributed by atoms with E-state index in [0.29, 0.717) is 6.61 Å². The van der Waals surface area contributed by atoms with Gasteiger partial charge in [0.15, 0.2) is 0 Å². The molecule has 0 aliphatic carbocycles. The Bertz CT molecular complexity index is 203. The van der Waals surface area contributed by atoms with Gasteiger partial charge in [-0.1, -0.05) is 18.2 Å². The van der Waals surface area contributed by atoms with Gasteiger partial charge in [0, 0.05) is 0 Å². The Kier molecular flexibility index (Phi) is 4.27. The summed E-state index contributed by atoms with van der Waals surface area (Å²) in [5.74, 6) is 0.774. The standard InChI is InChI=1S/C8H11BO3/c10-6-7-11-9-12-8-4-2-1-3-5-8/h1-5,9-10H,6-7H2. The second kappa shape index (κ2) is 5.63. The Labute approximate surface area is 72.2 Å². The first-order valence-electron chi connectivity index (χ1n) is 3.80. The van der Waals surface area contributed by atoms with E-state index in [-0.39, 0.29) is 14.3 Å². The Morgan fingerprint density at radius 1 is 1.25 bits per heavy atom. The maximum Gasteiger partial charge on any atom is 0.506 e. The number of para-hydroxylation sites is 1. The van der Waals surface area contributed by atoms with Gasteiger partial charge in [-0.2, -0.15) is 0 Å². The van der Waals surface area contributed by atoms with Crippen molar-refractivity contribution < 1.29 is 14.4 Å². The summed E-state index contributed by atoms with van der Waals surface area (Å²) in [7, 11) is 0.185. The highest BCUT2D eigenvalue weighted by Crippen LogP contribution is 2.06. The van der Waals surface area contributed by atoms with E-state index in [1.165, 1.54) is 0 Å². The van der Waals surface area contributed by atoms with Gasteiger partial charge in [0.25, 0.3) is 0 Å². The summed E-state index contributed by atoms with van der Waals surface area (Å²) in [4.78, 5) is 0. The highest BCUT2D eigenvalue weighted by molar-refractivity contribution is 6.19. The minimum absolute atomic E-state index is 0.0259. The van der Waals surface area contributed by atoms with E-state index in [1.807, 2.05) is 30.3 Å². The van der Waals surface area contributed by atoms with Gasteiger partial charge in [-0.25, -0.2) is 0 Å². The van der Waals surface area contributed by atoms with E-state index < -0.39 is 0 Å². The van der Waals surface area contributed by atoms with Crippen LogP contribution in [0.4, 0.5) is 0 Å². The van der Waals surface area contributed by atoms with Crippen LogP contribution in [0.15, 0.2) is 30.3 Å². The highest BCUT2D eigenvalue weighted by atomic mass is 16.6. The Morgan fingerprint density at radius 3 is 2.67 bits per heavy atom. The SMILES string of the molecule is OCCOBOc1ccccc1. The van der Waals surface area contributed by atoms with Crippen molar-refractivity contribution in [3.05, 3.63) is 30.3 Å². The number of aliphatic hydroxyl groups is 1. The molecule has 0 aliphatic rings. The third kappa shape index (κ3) is 3.41. The van der Waals surface area contributed by atoms with E-state index in [0.717, 1.165) is 5.75 Å². The fourth-order valence-corrected chi connectivity index (χ4v) is 0.750. The zero-order chi connectivity index (χ0) is 8.65. The van der Waals surface area contributed by atoms with Crippen molar-refractivity contribution in [3.63, 3.8) is 0 Å². The molecule has 0 aliphatic heterocycles. The molecular weight excluding hydrogens is 155 g/mol. The van der Waals surface area contributed by atoms with E-state index in [9.17, 15) is 0 Å². The molecule has 0 bridgehead atoms. The third-order valence-corrected chi connectivity index (χ3v) is 1.29. The molecule has 1 aromatic rings. The quantitative estimate of drug-likeness (QED) is 0.506. The molecule has 0 amide bonds. The van der Waals surface area contributed by atoms with E-state index in [1.54, 1.807) is 0 Å². The summed E-state index contributed by atoms with van der Waals surface area (Å²) in [6.45, 7) is 0.338. The van der Waals surface area contributed by atoms with Gasteiger partial charge >= 0.3 is 7.69 Å². The zero-order valence-electron chi connectivity index (χ0n) is 6.77. The van der Waals surface area contributed by atoms with Crippen molar-refractivity contribution in [2.24, 2.45) is 0 Å². The molecule has 0 unspecified atom stereocenters. The molecule has 1 aromatic carbocycles. The van der Waals surface area contributed by atoms with Crippen molar-refractivity contribution in [2.75, 3.05) is 13.2 Å². The number of aliphatic hydroxyl groups excluding tert-OH is 1. The summed E-state index contributed by atoms with van der Waals surface area (Å²) in [6, 6.07) is 9.40. The monoisotopic (exact) mass is 166 g/mol. The summed E-state index contributed by atoms with van der Waals surface area (Å²) >= 11 is 0. The van der Waals surface area contributed by atoms with Crippen molar-refractivity contribution in [1.29, 1.82) is 0 Å². The average Bonchev–Trinajstić information content (AvgIpc) is 2.14. The summed E-state index contributed by atoms with van der Waals surface area (Å²) in [6.07, 6.45) is 0. The summed E-state index contributed by atoms with van der Waals surface area (Å²) in [5.41, 5.74) is 0. The first kappa shape index (κ1) is 9.10. The van der Waals surface area contributed by atoms with Crippen LogP contribution in [0, 0.1) is 0 Å². The number of hydrogen-bond donors (Lipinski definition) is 1. The van der Waals surface area contributed by atoms with Crippen LogP contribution in [-0.4, -0.2) is 26.0 Å². The van der Waals surface area contributed by atoms with Gasteiger partial charge in [-0.05, 0) is 12.1 Å². The molecule has 12 heavy (non-hydrogen) atoms. The lowest BCUT2D eigenvalue weighted by Gasteiger charge is -2.03. The summed E-state index contributed by atoms with van der Waals surface area (Å²) in [5, 5.41) is 8.38. The second-order valence-electron chi connectivity index (χ2n) is 2.21. The molecule has 0 heterocycles. The largest absolute Gasteiger partial charge is 0.539 e. The van der Waals surface area contributed by atoms with Crippen molar-refractivity contribution in [1.82, 2.24) is 0 Å². The Balaban J connectivity index is 2.16. The normalized spacial score (nSPS) is 9.42. The van der Waals surface area contributed by atoms with Crippen LogP contribution in [0.1, 0.15) is 0 Å². The highest BCUT2D eigenvalue weighted by Gasteiger charge is 1.93.